The number of hydrogen-bond donors (Lipinski definition) is 1. The Bertz CT molecular complexity index is 914. The molecule has 8 nitrogen and oxygen atoms in total. The quantitative estimate of drug-likeness (QED) is 0.579. The minimum absolute atomic E-state index is 0.153. The zero-order valence-electron chi connectivity index (χ0n) is 12.2. The highest BCUT2D eigenvalue weighted by atomic mass is 32.1. The van der Waals surface area contributed by atoms with Gasteiger partial charge in [0, 0.05) is 6.07 Å². The number of amides is 1. The number of fused-ring (bicyclic) bond motifs is 1. The van der Waals surface area contributed by atoms with Crippen LogP contribution in [-0.2, 0) is 0 Å². The second kappa shape index (κ2) is 5.69. The van der Waals surface area contributed by atoms with E-state index in [-0.39, 0.29) is 5.76 Å². The molecule has 1 aromatic carbocycles. The van der Waals surface area contributed by atoms with Gasteiger partial charge in [0.1, 0.15) is 10.7 Å². The average molecular weight is 333 g/mol. The minimum atomic E-state index is -0.705. The lowest BCUT2D eigenvalue weighted by Gasteiger charge is -2.09. The van der Waals surface area contributed by atoms with Crippen LogP contribution in [0.5, 0.6) is 5.75 Å². The van der Waals surface area contributed by atoms with E-state index < -0.39 is 16.7 Å². The van der Waals surface area contributed by atoms with Gasteiger partial charge < -0.3 is 14.5 Å². The molecule has 0 radical (unpaired) electrons. The Balaban J connectivity index is 1.92. The first-order valence-electron chi connectivity index (χ1n) is 6.48. The molecule has 9 heteroatoms. The molecule has 3 aromatic rings. The lowest BCUT2D eigenvalue weighted by atomic mass is 10.2. The zero-order chi connectivity index (χ0) is 16.6. The lowest BCUT2D eigenvalue weighted by molar-refractivity contribution is -0.402. The SMILES string of the molecule is COc1cc2nc(C)sc2cc1NC(=O)c1ccc([N+](=O)[O-])o1. The Morgan fingerprint density at radius 2 is 2.22 bits per heavy atom. The van der Waals surface area contributed by atoms with Crippen molar-refractivity contribution in [1.29, 1.82) is 0 Å². The third-order valence-electron chi connectivity index (χ3n) is 3.06. The molecule has 0 atom stereocenters. The number of aromatic nitrogens is 1. The number of nitro groups is 1. The van der Waals surface area contributed by atoms with Crippen molar-refractivity contribution in [3.8, 4) is 5.75 Å². The van der Waals surface area contributed by atoms with Gasteiger partial charge in [0.05, 0.1) is 34.1 Å². The normalized spacial score (nSPS) is 10.7. The molecule has 23 heavy (non-hydrogen) atoms. The van der Waals surface area contributed by atoms with Crippen LogP contribution in [0.2, 0.25) is 0 Å². The zero-order valence-corrected chi connectivity index (χ0v) is 13.0. The number of anilines is 1. The van der Waals surface area contributed by atoms with Gasteiger partial charge in [-0.2, -0.15) is 0 Å². The van der Waals surface area contributed by atoms with Crippen molar-refractivity contribution < 1.29 is 18.9 Å². The predicted molar refractivity (Wildman–Crippen MR) is 84.2 cm³/mol. The summed E-state index contributed by atoms with van der Waals surface area (Å²) in [7, 11) is 1.48. The molecular formula is C14H11N3O5S. The van der Waals surface area contributed by atoms with Gasteiger partial charge in [0.15, 0.2) is 5.76 Å². The number of thiazole rings is 1. The Hall–Kier alpha value is -2.94. The van der Waals surface area contributed by atoms with Crippen molar-refractivity contribution in [1.82, 2.24) is 4.98 Å². The fraction of sp³-hybridized carbons (Fsp3) is 0.143. The first-order valence-corrected chi connectivity index (χ1v) is 7.30. The van der Waals surface area contributed by atoms with E-state index in [0.29, 0.717) is 11.4 Å². The van der Waals surface area contributed by atoms with Gasteiger partial charge in [0.2, 0.25) is 0 Å². The molecule has 0 aliphatic carbocycles. The number of carbonyl (C=O) groups excluding carboxylic acids is 1. The first kappa shape index (κ1) is 15.0. The van der Waals surface area contributed by atoms with Gasteiger partial charge in [-0.1, -0.05) is 0 Å². The van der Waals surface area contributed by atoms with Crippen molar-refractivity contribution in [2.75, 3.05) is 12.4 Å². The fourth-order valence-electron chi connectivity index (χ4n) is 2.07. The maximum absolute atomic E-state index is 12.2. The standard InChI is InChI=1S/C14H11N3O5S/c1-7-15-9-5-11(21-2)8(6-12(9)23-7)16-14(18)10-3-4-13(22-10)17(19)20/h3-6H,1-2H3,(H,16,18). The van der Waals surface area contributed by atoms with Crippen molar-refractivity contribution >= 4 is 39.0 Å². The van der Waals surface area contributed by atoms with Crippen LogP contribution in [0.25, 0.3) is 10.2 Å². The van der Waals surface area contributed by atoms with E-state index >= 15 is 0 Å². The Morgan fingerprint density at radius 1 is 1.43 bits per heavy atom. The highest BCUT2D eigenvalue weighted by Gasteiger charge is 2.19. The van der Waals surface area contributed by atoms with Crippen LogP contribution in [0.1, 0.15) is 15.6 Å². The number of carbonyl (C=O) groups is 1. The topological polar surface area (TPSA) is 108 Å². The van der Waals surface area contributed by atoms with E-state index in [2.05, 4.69) is 10.3 Å². The Morgan fingerprint density at radius 3 is 2.87 bits per heavy atom. The second-order valence-corrected chi connectivity index (χ2v) is 5.84. The van der Waals surface area contributed by atoms with E-state index in [1.165, 1.54) is 24.5 Å². The average Bonchev–Trinajstić information content (AvgIpc) is 3.11. The number of rotatable bonds is 4. The summed E-state index contributed by atoms with van der Waals surface area (Å²) in [6, 6.07) is 5.84. The summed E-state index contributed by atoms with van der Waals surface area (Å²) in [6.45, 7) is 1.89. The van der Waals surface area contributed by atoms with Gasteiger partial charge in [-0.25, -0.2) is 4.98 Å². The number of furan rings is 1. The van der Waals surface area contributed by atoms with E-state index in [4.69, 9.17) is 9.15 Å². The Labute approximate surface area is 133 Å². The summed E-state index contributed by atoms with van der Waals surface area (Å²) in [6.07, 6.45) is 0. The molecule has 0 bridgehead atoms. The molecule has 1 amide bonds. The molecule has 2 heterocycles. The van der Waals surface area contributed by atoms with E-state index in [1.807, 2.05) is 6.92 Å². The van der Waals surface area contributed by atoms with Gasteiger partial charge >= 0.3 is 5.88 Å². The predicted octanol–water partition coefficient (Wildman–Crippen LogP) is 3.37. The molecule has 0 spiro atoms. The number of hydrogen-bond acceptors (Lipinski definition) is 7. The summed E-state index contributed by atoms with van der Waals surface area (Å²) in [5, 5.41) is 14.1. The first-order chi connectivity index (χ1) is 11.0. The molecule has 0 aliphatic rings. The Kier molecular flexibility index (Phi) is 3.70. The summed E-state index contributed by atoms with van der Waals surface area (Å²) in [4.78, 5) is 26.4. The summed E-state index contributed by atoms with van der Waals surface area (Å²) in [5.74, 6) is -0.802. The van der Waals surface area contributed by atoms with Crippen molar-refractivity contribution in [2.24, 2.45) is 0 Å². The maximum Gasteiger partial charge on any atom is 0.433 e. The number of methoxy groups -OCH3 is 1. The van der Waals surface area contributed by atoms with Crippen LogP contribution < -0.4 is 10.1 Å². The van der Waals surface area contributed by atoms with Crippen LogP contribution in [-0.4, -0.2) is 22.9 Å². The van der Waals surface area contributed by atoms with Gasteiger partial charge in [-0.05, 0) is 19.1 Å². The van der Waals surface area contributed by atoms with Gasteiger partial charge in [-0.3, -0.25) is 14.9 Å². The monoisotopic (exact) mass is 333 g/mol. The van der Waals surface area contributed by atoms with Crippen LogP contribution in [0.15, 0.2) is 28.7 Å². The molecule has 0 fully saturated rings. The molecule has 1 N–H and O–H groups in total. The van der Waals surface area contributed by atoms with E-state index in [9.17, 15) is 14.9 Å². The minimum Gasteiger partial charge on any atom is -0.494 e. The molecular weight excluding hydrogens is 322 g/mol. The van der Waals surface area contributed by atoms with E-state index in [0.717, 1.165) is 21.3 Å². The highest BCUT2D eigenvalue weighted by molar-refractivity contribution is 7.18. The molecule has 3 rings (SSSR count). The number of nitrogens with one attached hydrogen (secondary N) is 1. The van der Waals surface area contributed by atoms with Crippen LogP contribution in [0, 0.1) is 17.0 Å². The molecule has 0 aliphatic heterocycles. The number of ether oxygens (including phenoxy) is 1. The van der Waals surface area contributed by atoms with Crippen molar-refractivity contribution in [2.45, 2.75) is 6.92 Å². The number of benzene rings is 1. The molecule has 0 saturated heterocycles. The summed E-state index contributed by atoms with van der Waals surface area (Å²) < 4.78 is 11.0. The smallest absolute Gasteiger partial charge is 0.433 e. The largest absolute Gasteiger partial charge is 0.494 e. The van der Waals surface area contributed by atoms with Gasteiger partial charge in [-0.15, -0.1) is 11.3 Å². The number of aryl methyl sites for hydroxylation is 1. The molecule has 0 saturated carbocycles. The van der Waals surface area contributed by atoms with Crippen LogP contribution in [0.3, 0.4) is 0 Å². The summed E-state index contributed by atoms with van der Waals surface area (Å²) in [5.41, 5.74) is 1.21. The summed E-state index contributed by atoms with van der Waals surface area (Å²) >= 11 is 1.49. The third kappa shape index (κ3) is 2.86. The number of nitrogens with zero attached hydrogens (tertiary/aromatic N) is 2. The molecule has 118 valence electrons. The van der Waals surface area contributed by atoms with Crippen LogP contribution in [0.4, 0.5) is 11.6 Å². The van der Waals surface area contributed by atoms with E-state index in [1.54, 1.807) is 12.1 Å². The lowest BCUT2D eigenvalue weighted by Crippen LogP contribution is -2.11. The maximum atomic E-state index is 12.2. The van der Waals surface area contributed by atoms with Crippen molar-refractivity contribution in [3.05, 3.63) is 45.1 Å². The molecule has 2 aromatic heterocycles. The van der Waals surface area contributed by atoms with Crippen molar-refractivity contribution in [3.63, 3.8) is 0 Å². The molecule has 0 unspecified atom stereocenters. The second-order valence-electron chi connectivity index (χ2n) is 4.60. The highest BCUT2D eigenvalue weighted by Crippen LogP contribution is 2.33. The fourth-order valence-corrected chi connectivity index (χ4v) is 2.92. The third-order valence-corrected chi connectivity index (χ3v) is 3.99. The van der Waals surface area contributed by atoms with Crippen LogP contribution >= 0.6 is 11.3 Å². The van der Waals surface area contributed by atoms with Gasteiger partial charge in [0.25, 0.3) is 5.91 Å².